The van der Waals surface area contributed by atoms with Crippen LogP contribution in [0.3, 0.4) is 0 Å². The first-order chi connectivity index (χ1) is 8.67. The number of carbonyl (C=O) groups is 1. The minimum Gasteiger partial charge on any atom is -0.497 e. The normalized spacial score (nSPS) is 12.1. The van der Waals surface area contributed by atoms with Crippen molar-refractivity contribution < 1.29 is 9.53 Å². The van der Waals surface area contributed by atoms with Crippen LogP contribution in [-0.2, 0) is 4.79 Å². The van der Waals surface area contributed by atoms with Gasteiger partial charge in [0.15, 0.2) is 0 Å². The fourth-order valence-electron chi connectivity index (χ4n) is 1.58. The highest BCUT2D eigenvalue weighted by Gasteiger charge is 2.13. The van der Waals surface area contributed by atoms with E-state index < -0.39 is 0 Å². The Morgan fingerprint density at radius 3 is 2.94 bits per heavy atom. The number of nitrogens with one attached hydrogen (secondary N) is 1. The molecule has 1 unspecified atom stereocenters. The highest BCUT2D eigenvalue weighted by atomic mass is 32.2. The molecule has 0 saturated heterocycles. The Balaban J connectivity index is 2.42. The third-order valence-electron chi connectivity index (χ3n) is 2.51. The summed E-state index contributed by atoms with van der Waals surface area (Å²) >= 11 is 1.69. The van der Waals surface area contributed by atoms with Gasteiger partial charge in [-0.1, -0.05) is 13.0 Å². The maximum absolute atomic E-state index is 11.2. The zero-order chi connectivity index (χ0) is 13.4. The van der Waals surface area contributed by atoms with E-state index in [9.17, 15) is 4.79 Å². The average molecular weight is 268 g/mol. The summed E-state index contributed by atoms with van der Waals surface area (Å²) in [6.45, 7) is 2.71. The third kappa shape index (κ3) is 4.98. The molecule has 0 fully saturated rings. The number of amides is 1. The van der Waals surface area contributed by atoms with Crippen molar-refractivity contribution in [2.24, 2.45) is 5.73 Å². The molecule has 0 bridgehead atoms. The smallest absolute Gasteiger partial charge is 0.234 e. The molecule has 1 aromatic rings. The second-order valence-electron chi connectivity index (χ2n) is 3.83. The molecular weight excluding hydrogens is 248 g/mol. The molecule has 0 saturated carbocycles. The molecule has 5 heteroatoms. The molecule has 0 heterocycles. The lowest BCUT2D eigenvalue weighted by molar-refractivity contribution is -0.120. The lowest BCUT2D eigenvalue weighted by Gasteiger charge is -2.13. The van der Waals surface area contributed by atoms with Crippen LogP contribution in [0.25, 0.3) is 0 Å². The van der Waals surface area contributed by atoms with Gasteiger partial charge >= 0.3 is 0 Å². The number of ether oxygens (including phenoxy) is 1. The first-order valence-electron chi connectivity index (χ1n) is 5.97. The van der Waals surface area contributed by atoms with Crippen LogP contribution in [0.5, 0.6) is 5.75 Å². The van der Waals surface area contributed by atoms with E-state index in [0.717, 1.165) is 29.4 Å². The molecule has 1 aromatic carbocycles. The van der Waals surface area contributed by atoms with Crippen molar-refractivity contribution in [2.75, 3.05) is 19.4 Å². The zero-order valence-corrected chi connectivity index (χ0v) is 11.6. The summed E-state index contributed by atoms with van der Waals surface area (Å²) in [4.78, 5) is 12.3. The summed E-state index contributed by atoms with van der Waals surface area (Å²) in [5, 5.41) is 3.08. The van der Waals surface area contributed by atoms with Gasteiger partial charge in [0, 0.05) is 4.90 Å². The van der Waals surface area contributed by atoms with Gasteiger partial charge < -0.3 is 15.8 Å². The number of carbonyl (C=O) groups excluding carboxylic acids is 1. The fourth-order valence-corrected chi connectivity index (χ4v) is 2.54. The predicted octanol–water partition coefficient (Wildman–Crippen LogP) is 1.64. The van der Waals surface area contributed by atoms with Crippen LogP contribution in [0.15, 0.2) is 29.2 Å². The monoisotopic (exact) mass is 268 g/mol. The van der Waals surface area contributed by atoms with Crippen LogP contribution in [-0.4, -0.2) is 31.4 Å². The molecule has 1 atom stereocenters. The van der Waals surface area contributed by atoms with Crippen molar-refractivity contribution in [1.29, 1.82) is 0 Å². The van der Waals surface area contributed by atoms with E-state index in [-0.39, 0.29) is 11.9 Å². The maximum atomic E-state index is 11.2. The fraction of sp³-hybridized carbons (Fsp3) is 0.462. The van der Waals surface area contributed by atoms with E-state index in [0.29, 0.717) is 0 Å². The van der Waals surface area contributed by atoms with Crippen molar-refractivity contribution in [3.8, 4) is 5.75 Å². The molecule has 0 spiro atoms. The van der Waals surface area contributed by atoms with Crippen molar-refractivity contribution in [2.45, 2.75) is 24.3 Å². The SMILES string of the molecule is CCNC(CCSc1cccc(OC)c1)C(N)=O. The Labute approximate surface area is 112 Å². The summed E-state index contributed by atoms with van der Waals surface area (Å²) in [5.41, 5.74) is 5.32. The molecule has 0 aliphatic carbocycles. The second-order valence-corrected chi connectivity index (χ2v) is 5.00. The first-order valence-corrected chi connectivity index (χ1v) is 6.95. The van der Waals surface area contributed by atoms with Crippen LogP contribution in [0.1, 0.15) is 13.3 Å². The number of benzene rings is 1. The molecule has 0 aromatic heterocycles. The van der Waals surface area contributed by atoms with Gasteiger partial charge in [-0.3, -0.25) is 4.79 Å². The second kappa shape index (κ2) is 8.00. The molecule has 1 amide bonds. The largest absolute Gasteiger partial charge is 0.497 e. The topological polar surface area (TPSA) is 64.3 Å². The highest BCUT2D eigenvalue weighted by molar-refractivity contribution is 7.99. The van der Waals surface area contributed by atoms with E-state index in [1.807, 2.05) is 31.2 Å². The van der Waals surface area contributed by atoms with Gasteiger partial charge in [0.1, 0.15) is 5.75 Å². The Bertz CT molecular complexity index is 385. The number of primary amides is 1. The molecule has 1 rings (SSSR count). The molecule has 0 radical (unpaired) electrons. The number of methoxy groups -OCH3 is 1. The first kappa shape index (κ1) is 14.9. The summed E-state index contributed by atoms with van der Waals surface area (Å²) in [6, 6.07) is 7.64. The molecule has 3 N–H and O–H groups in total. The molecule has 4 nitrogen and oxygen atoms in total. The van der Waals surface area contributed by atoms with Crippen LogP contribution < -0.4 is 15.8 Å². The minimum atomic E-state index is -0.289. The Morgan fingerprint density at radius 1 is 1.56 bits per heavy atom. The highest BCUT2D eigenvalue weighted by Crippen LogP contribution is 2.23. The zero-order valence-electron chi connectivity index (χ0n) is 10.8. The van der Waals surface area contributed by atoms with E-state index in [1.165, 1.54) is 0 Å². The number of hydrogen-bond donors (Lipinski definition) is 2. The number of likely N-dealkylation sites (N-methyl/N-ethyl adjacent to an activating group) is 1. The van der Waals surface area contributed by atoms with Gasteiger partial charge in [-0.15, -0.1) is 11.8 Å². The van der Waals surface area contributed by atoms with Crippen LogP contribution in [0.4, 0.5) is 0 Å². The molecule has 18 heavy (non-hydrogen) atoms. The van der Waals surface area contributed by atoms with Gasteiger partial charge in [0.2, 0.25) is 5.91 Å². The van der Waals surface area contributed by atoms with Crippen molar-refractivity contribution in [3.05, 3.63) is 24.3 Å². The molecular formula is C13H20N2O2S. The van der Waals surface area contributed by atoms with E-state index in [2.05, 4.69) is 5.32 Å². The number of nitrogens with two attached hydrogens (primary N) is 1. The third-order valence-corrected chi connectivity index (χ3v) is 3.54. The number of rotatable bonds is 8. The van der Waals surface area contributed by atoms with Gasteiger partial charge in [-0.2, -0.15) is 0 Å². The van der Waals surface area contributed by atoms with E-state index in [4.69, 9.17) is 10.5 Å². The minimum absolute atomic E-state index is 0.242. The van der Waals surface area contributed by atoms with Crippen LogP contribution in [0.2, 0.25) is 0 Å². The number of thioether (sulfide) groups is 1. The standard InChI is InChI=1S/C13H20N2O2S/c1-3-15-12(13(14)16)7-8-18-11-6-4-5-10(9-11)17-2/h4-6,9,12,15H,3,7-8H2,1-2H3,(H2,14,16). The lowest BCUT2D eigenvalue weighted by atomic mass is 10.2. The Hall–Kier alpha value is -1.20. The Morgan fingerprint density at radius 2 is 2.33 bits per heavy atom. The molecule has 100 valence electrons. The quantitative estimate of drug-likeness (QED) is 0.704. The number of hydrogen-bond acceptors (Lipinski definition) is 4. The van der Waals surface area contributed by atoms with Crippen molar-refractivity contribution >= 4 is 17.7 Å². The van der Waals surface area contributed by atoms with Crippen LogP contribution >= 0.6 is 11.8 Å². The van der Waals surface area contributed by atoms with E-state index >= 15 is 0 Å². The van der Waals surface area contributed by atoms with Gasteiger partial charge in [-0.25, -0.2) is 0 Å². The predicted molar refractivity (Wildman–Crippen MR) is 75.0 cm³/mol. The average Bonchev–Trinajstić information content (AvgIpc) is 2.38. The molecule has 0 aliphatic rings. The summed E-state index contributed by atoms with van der Waals surface area (Å²) in [6.07, 6.45) is 0.727. The Kier molecular flexibility index (Phi) is 6.60. The van der Waals surface area contributed by atoms with Gasteiger partial charge in [0.25, 0.3) is 0 Å². The maximum Gasteiger partial charge on any atom is 0.234 e. The van der Waals surface area contributed by atoms with Gasteiger partial charge in [0.05, 0.1) is 13.2 Å². The van der Waals surface area contributed by atoms with Crippen LogP contribution in [0, 0.1) is 0 Å². The van der Waals surface area contributed by atoms with Gasteiger partial charge in [-0.05, 0) is 36.9 Å². The summed E-state index contributed by atoms with van der Waals surface area (Å²) in [5.74, 6) is 1.40. The molecule has 0 aliphatic heterocycles. The van der Waals surface area contributed by atoms with E-state index in [1.54, 1.807) is 18.9 Å². The van der Waals surface area contributed by atoms with Crippen molar-refractivity contribution in [3.63, 3.8) is 0 Å². The lowest BCUT2D eigenvalue weighted by Crippen LogP contribution is -2.41. The summed E-state index contributed by atoms with van der Waals surface area (Å²) in [7, 11) is 1.65. The summed E-state index contributed by atoms with van der Waals surface area (Å²) < 4.78 is 5.16. The van der Waals surface area contributed by atoms with Crippen molar-refractivity contribution in [1.82, 2.24) is 5.32 Å².